The highest BCUT2D eigenvalue weighted by molar-refractivity contribution is 7.09. The Labute approximate surface area is 169 Å². The third kappa shape index (κ3) is 5.79. The summed E-state index contributed by atoms with van der Waals surface area (Å²) in [5.74, 6) is 1.43. The lowest BCUT2D eigenvalue weighted by molar-refractivity contribution is 0.293. The van der Waals surface area contributed by atoms with Gasteiger partial charge < -0.3 is 15.0 Å². The maximum atomic E-state index is 5.81. The van der Waals surface area contributed by atoms with Gasteiger partial charge >= 0.3 is 0 Å². The molecule has 0 spiro atoms. The van der Waals surface area contributed by atoms with E-state index < -0.39 is 0 Å². The minimum Gasteiger partial charge on any atom is -0.473 e. The Morgan fingerprint density at radius 1 is 1.21 bits per heavy atom. The summed E-state index contributed by atoms with van der Waals surface area (Å²) in [6.07, 6.45) is 1.77. The maximum absolute atomic E-state index is 5.81. The number of aryl methyl sites for hydroxylation is 1. The standard InChI is InChI=1S/C21H25N5OS/c1-16-25-19(15-28-16)13-26(3)21(22-2)24-12-18-9-10-23-20(11-18)27-14-17-7-5-4-6-8-17/h4-11,15H,12-14H2,1-3H3,(H,22,24). The van der Waals surface area contributed by atoms with Crippen LogP contribution < -0.4 is 10.1 Å². The molecule has 1 aromatic carbocycles. The molecule has 1 N–H and O–H groups in total. The fourth-order valence-corrected chi connectivity index (χ4v) is 3.34. The van der Waals surface area contributed by atoms with Crippen LogP contribution in [0.2, 0.25) is 0 Å². The Kier molecular flexibility index (Phi) is 6.97. The van der Waals surface area contributed by atoms with Crippen LogP contribution in [0.25, 0.3) is 0 Å². The van der Waals surface area contributed by atoms with E-state index >= 15 is 0 Å². The van der Waals surface area contributed by atoms with Crippen molar-refractivity contribution in [2.45, 2.75) is 26.6 Å². The normalized spacial score (nSPS) is 11.3. The second-order valence-corrected chi connectivity index (χ2v) is 7.45. The number of benzene rings is 1. The van der Waals surface area contributed by atoms with Crippen LogP contribution in [0.4, 0.5) is 0 Å². The molecule has 0 saturated carbocycles. The van der Waals surface area contributed by atoms with E-state index in [4.69, 9.17) is 4.74 Å². The van der Waals surface area contributed by atoms with Gasteiger partial charge in [-0.05, 0) is 24.1 Å². The molecule has 0 aliphatic heterocycles. The topological polar surface area (TPSA) is 62.6 Å². The van der Waals surface area contributed by atoms with Crippen LogP contribution in [-0.4, -0.2) is 34.9 Å². The summed E-state index contributed by atoms with van der Waals surface area (Å²) in [6, 6.07) is 14.0. The highest BCUT2D eigenvalue weighted by atomic mass is 32.1. The highest BCUT2D eigenvalue weighted by Crippen LogP contribution is 2.13. The summed E-state index contributed by atoms with van der Waals surface area (Å²) in [5.41, 5.74) is 3.25. The number of pyridine rings is 1. The first-order chi connectivity index (χ1) is 13.6. The van der Waals surface area contributed by atoms with Gasteiger partial charge in [0.05, 0.1) is 17.2 Å². The minimum absolute atomic E-state index is 0.502. The van der Waals surface area contributed by atoms with Crippen LogP contribution in [0.5, 0.6) is 5.88 Å². The third-order valence-electron chi connectivity index (χ3n) is 4.12. The fourth-order valence-electron chi connectivity index (χ4n) is 2.74. The van der Waals surface area contributed by atoms with Crippen molar-refractivity contribution in [2.75, 3.05) is 14.1 Å². The molecular formula is C21H25N5OS. The average Bonchev–Trinajstić information content (AvgIpc) is 3.12. The van der Waals surface area contributed by atoms with E-state index in [0.29, 0.717) is 25.6 Å². The van der Waals surface area contributed by atoms with Crippen molar-refractivity contribution in [3.8, 4) is 5.88 Å². The van der Waals surface area contributed by atoms with E-state index in [2.05, 4.69) is 30.6 Å². The number of aromatic nitrogens is 2. The molecule has 0 unspecified atom stereocenters. The van der Waals surface area contributed by atoms with Crippen LogP contribution in [0.1, 0.15) is 21.8 Å². The Bertz CT molecular complexity index is 910. The van der Waals surface area contributed by atoms with Crippen molar-refractivity contribution in [3.63, 3.8) is 0 Å². The van der Waals surface area contributed by atoms with E-state index in [9.17, 15) is 0 Å². The predicted octanol–water partition coefficient (Wildman–Crippen LogP) is 3.63. The number of rotatable bonds is 7. The Morgan fingerprint density at radius 2 is 2.04 bits per heavy atom. The summed E-state index contributed by atoms with van der Waals surface area (Å²) in [7, 11) is 3.79. The van der Waals surface area contributed by atoms with Gasteiger partial charge in [0.25, 0.3) is 0 Å². The summed E-state index contributed by atoms with van der Waals surface area (Å²) in [4.78, 5) is 15.2. The zero-order chi connectivity index (χ0) is 19.8. The molecule has 0 atom stereocenters. The molecule has 146 valence electrons. The van der Waals surface area contributed by atoms with Gasteiger partial charge in [-0.25, -0.2) is 9.97 Å². The van der Waals surface area contributed by atoms with Crippen LogP contribution in [-0.2, 0) is 19.7 Å². The molecule has 7 heteroatoms. The molecule has 6 nitrogen and oxygen atoms in total. The molecule has 0 aliphatic carbocycles. The molecule has 0 saturated heterocycles. The van der Waals surface area contributed by atoms with Crippen LogP contribution in [0.15, 0.2) is 59.0 Å². The van der Waals surface area contributed by atoms with Gasteiger partial charge in [-0.15, -0.1) is 11.3 Å². The van der Waals surface area contributed by atoms with Gasteiger partial charge in [0, 0.05) is 38.3 Å². The van der Waals surface area contributed by atoms with Crippen LogP contribution >= 0.6 is 11.3 Å². The van der Waals surface area contributed by atoms with Crippen molar-refractivity contribution in [1.29, 1.82) is 0 Å². The Morgan fingerprint density at radius 3 is 2.75 bits per heavy atom. The Balaban J connectivity index is 1.54. The van der Waals surface area contributed by atoms with E-state index in [1.807, 2.05) is 56.4 Å². The summed E-state index contributed by atoms with van der Waals surface area (Å²) in [5, 5.41) is 6.54. The second kappa shape index (κ2) is 9.85. The zero-order valence-electron chi connectivity index (χ0n) is 16.4. The summed E-state index contributed by atoms with van der Waals surface area (Å²) >= 11 is 1.66. The molecule has 0 amide bonds. The zero-order valence-corrected chi connectivity index (χ0v) is 17.2. The molecule has 2 heterocycles. The van der Waals surface area contributed by atoms with E-state index in [1.54, 1.807) is 24.6 Å². The van der Waals surface area contributed by atoms with Crippen molar-refractivity contribution in [2.24, 2.45) is 4.99 Å². The number of guanidine groups is 1. The van der Waals surface area contributed by atoms with Gasteiger partial charge in [0.1, 0.15) is 6.61 Å². The number of hydrogen-bond acceptors (Lipinski definition) is 5. The van der Waals surface area contributed by atoms with Gasteiger partial charge in [-0.3, -0.25) is 4.99 Å². The molecule has 3 rings (SSSR count). The monoisotopic (exact) mass is 395 g/mol. The van der Waals surface area contributed by atoms with Crippen molar-refractivity contribution in [1.82, 2.24) is 20.2 Å². The van der Waals surface area contributed by atoms with Gasteiger partial charge in [-0.1, -0.05) is 30.3 Å². The lowest BCUT2D eigenvalue weighted by atomic mass is 10.2. The third-order valence-corrected chi connectivity index (χ3v) is 4.94. The van der Waals surface area contributed by atoms with E-state index in [0.717, 1.165) is 27.8 Å². The number of nitrogens with one attached hydrogen (secondary N) is 1. The molecule has 2 aromatic heterocycles. The van der Waals surface area contributed by atoms with Crippen LogP contribution in [0.3, 0.4) is 0 Å². The van der Waals surface area contributed by atoms with Gasteiger partial charge in [0.15, 0.2) is 5.96 Å². The minimum atomic E-state index is 0.502. The maximum Gasteiger partial charge on any atom is 0.213 e. The lowest BCUT2D eigenvalue weighted by Gasteiger charge is -2.21. The lowest BCUT2D eigenvalue weighted by Crippen LogP contribution is -2.38. The second-order valence-electron chi connectivity index (χ2n) is 6.39. The van der Waals surface area contributed by atoms with E-state index in [-0.39, 0.29) is 0 Å². The number of hydrogen-bond donors (Lipinski definition) is 1. The van der Waals surface area contributed by atoms with E-state index in [1.165, 1.54) is 0 Å². The molecule has 28 heavy (non-hydrogen) atoms. The van der Waals surface area contributed by atoms with Crippen molar-refractivity contribution in [3.05, 3.63) is 75.9 Å². The molecule has 0 radical (unpaired) electrons. The Hall–Kier alpha value is -2.93. The summed E-state index contributed by atoms with van der Waals surface area (Å²) < 4.78 is 5.81. The molecule has 0 bridgehead atoms. The number of nitrogens with zero attached hydrogens (tertiary/aromatic N) is 4. The largest absolute Gasteiger partial charge is 0.473 e. The first-order valence-electron chi connectivity index (χ1n) is 9.08. The highest BCUT2D eigenvalue weighted by Gasteiger charge is 2.09. The number of aliphatic imine (C=N–C) groups is 1. The quantitative estimate of drug-likeness (QED) is 0.489. The SMILES string of the molecule is CN=C(NCc1ccnc(OCc2ccccc2)c1)N(C)Cc1csc(C)n1. The average molecular weight is 396 g/mol. The smallest absolute Gasteiger partial charge is 0.213 e. The van der Waals surface area contributed by atoms with Gasteiger partial charge in [0.2, 0.25) is 5.88 Å². The molecular weight excluding hydrogens is 370 g/mol. The summed E-state index contributed by atoms with van der Waals surface area (Å²) in [6.45, 7) is 3.87. The first kappa shape index (κ1) is 19.8. The van der Waals surface area contributed by atoms with Crippen molar-refractivity contribution < 1.29 is 4.74 Å². The van der Waals surface area contributed by atoms with Crippen molar-refractivity contribution >= 4 is 17.3 Å². The number of thiazole rings is 1. The molecule has 0 aliphatic rings. The predicted molar refractivity (Wildman–Crippen MR) is 114 cm³/mol. The van der Waals surface area contributed by atoms with Crippen LogP contribution in [0, 0.1) is 6.92 Å². The fraction of sp³-hybridized carbons (Fsp3) is 0.286. The van der Waals surface area contributed by atoms with Gasteiger partial charge in [-0.2, -0.15) is 0 Å². The molecule has 3 aromatic rings. The first-order valence-corrected chi connectivity index (χ1v) is 9.96. The number of ether oxygens (including phenoxy) is 1. The molecule has 0 fully saturated rings.